The lowest BCUT2D eigenvalue weighted by molar-refractivity contribution is 0.0572. The predicted octanol–water partition coefficient (Wildman–Crippen LogP) is 0.684. The van der Waals surface area contributed by atoms with Crippen molar-refractivity contribution >= 4 is 0 Å². The molecule has 1 saturated heterocycles. The van der Waals surface area contributed by atoms with E-state index in [0.29, 0.717) is 31.0 Å². The van der Waals surface area contributed by atoms with Gasteiger partial charge in [-0.25, -0.2) is 0 Å². The Bertz CT molecular complexity index is 277. The zero-order valence-electron chi connectivity index (χ0n) is 12.5. The first-order valence-electron chi connectivity index (χ1n) is 7.83. The zero-order valence-corrected chi connectivity index (χ0v) is 12.5. The summed E-state index contributed by atoms with van der Waals surface area (Å²) in [5.74, 6) is 2.14. The molecule has 6 unspecified atom stereocenters. The van der Waals surface area contributed by atoms with Crippen LogP contribution in [0.4, 0.5) is 0 Å². The van der Waals surface area contributed by atoms with Crippen molar-refractivity contribution < 1.29 is 10.2 Å². The molecule has 0 radical (unpaired) electrons. The molecule has 0 bridgehead atoms. The molecule has 0 aromatic heterocycles. The van der Waals surface area contributed by atoms with Gasteiger partial charge in [-0.15, -0.1) is 0 Å². The van der Waals surface area contributed by atoms with E-state index in [9.17, 15) is 10.2 Å². The highest BCUT2D eigenvalue weighted by Gasteiger charge is 2.37. The molecule has 2 aliphatic rings. The summed E-state index contributed by atoms with van der Waals surface area (Å²) in [7, 11) is 0. The van der Waals surface area contributed by atoms with Crippen LogP contribution in [0.5, 0.6) is 0 Å². The van der Waals surface area contributed by atoms with Gasteiger partial charge in [-0.3, -0.25) is 4.90 Å². The number of hydrogen-bond donors (Lipinski definition) is 3. The number of hydrogen-bond acceptors (Lipinski definition) is 4. The number of nitrogens with zero attached hydrogens (tertiary/aromatic N) is 1. The monoisotopic (exact) mass is 270 g/mol. The van der Waals surface area contributed by atoms with Crippen molar-refractivity contribution in [3.8, 4) is 0 Å². The topological polar surface area (TPSA) is 55.7 Å². The van der Waals surface area contributed by atoms with Crippen LogP contribution in [0.15, 0.2) is 0 Å². The number of rotatable bonds is 4. The molecular formula is C15H30N2O2. The molecule has 2 rings (SSSR count). The van der Waals surface area contributed by atoms with Crippen LogP contribution in [-0.4, -0.2) is 59.5 Å². The quantitative estimate of drug-likeness (QED) is 0.703. The van der Waals surface area contributed by atoms with Crippen LogP contribution in [0, 0.1) is 17.8 Å². The number of likely N-dealkylation sites (tertiary alicyclic amines) is 1. The van der Waals surface area contributed by atoms with E-state index in [1.807, 2.05) is 0 Å². The zero-order chi connectivity index (χ0) is 14.0. The first kappa shape index (κ1) is 15.2. The highest BCUT2D eigenvalue weighted by atomic mass is 16.3. The van der Waals surface area contributed by atoms with Crippen molar-refractivity contribution in [2.75, 3.05) is 26.2 Å². The average Bonchev–Trinajstić information content (AvgIpc) is 2.63. The molecule has 0 aromatic carbocycles. The maximum Gasteiger partial charge on any atom is 0.0938 e. The molecule has 1 saturated carbocycles. The molecule has 0 amide bonds. The van der Waals surface area contributed by atoms with E-state index in [4.69, 9.17) is 0 Å². The van der Waals surface area contributed by atoms with E-state index in [1.165, 1.54) is 12.8 Å². The largest absolute Gasteiger partial charge is 0.389 e. The summed E-state index contributed by atoms with van der Waals surface area (Å²) in [5.41, 5.74) is 0. The molecular weight excluding hydrogens is 240 g/mol. The second kappa shape index (κ2) is 6.53. The van der Waals surface area contributed by atoms with Gasteiger partial charge in [-0.05, 0) is 37.1 Å². The number of aliphatic hydroxyl groups excluding tert-OH is 2. The Morgan fingerprint density at radius 2 is 1.74 bits per heavy atom. The summed E-state index contributed by atoms with van der Waals surface area (Å²) < 4.78 is 0. The average molecular weight is 270 g/mol. The first-order valence-corrected chi connectivity index (χ1v) is 7.83. The summed E-state index contributed by atoms with van der Waals surface area (Å²) in [5, 5.41) is 23.0. The molecule has 6 atom stereocenters. The summed E-state index contributed by atoms with van der Waals surface area (Å²) in [6.45, 7) is 10.1. The highest BCUT2D eigenvalue weighted by Crippen LogP contribution is 2.34. The second-order valence-electron chi connectivity index (χ2n) is 6.74. The third kappa shape index (κ3) is 3.69. The minimum atomic E-state index is -0.560. The van der Waals surface area contributed by atoms with Crippen LogP contribution in [0.2, 0.25) is 0 Å². The van der Waals surface area contributed by atoms with Crippen molar-refractivity contribution in [1.82, 2.24) is 10.2 Å². The fraction of sp³-hybridized carbons (Fsp3) is 1.00. The minimum Gasteiger partial charge on any atom is -0.389 e. The van der Waals surface area contributed by atoms with E-state index in [0.717, 1.165) is 19.0 Å². The molecule has 112 valence electrons. The van der Waals surface area contributed by atoms with E-state index in [1.54, 1.807) is 0 Å². The van der Waals surface area contributed by atoms with Gasteiger partial charge in [0.25, 0.3) is 0 Å². The van der Waals surface area contributed by atoms with Gasteiger partial charge >= 0.3 is 0 Å². The molecule has 3 N–H and O–H groups in total. The van der Waals surface area contributed by atoms with Crippen molar-refractivity contribution in [2.45, 2.75) is 51.9 Å². The summed E-state index contributed by atoms with van der Waals surface area (Å²) in [6.07, 6.45) is 1.43. The lowest BCUT2D eigenvalue weighted by atomic mass is 9.72. The van der Waals surface area contributed by atoms with E-state index >= 15 is 0 Å². The van der Waals surface area contributed by atoms with E-state index in [2.05, 4.69) is 31.0 Å². The van der Waals surface area contributed by atoms with E-state index < -0.39 is 12.2 Å². The molecule has 4 nitrogen and oxygen atoms in total. The highest BCUT2D eigenvalue weighted by molar-refractivity contribution is 4.92. The number of nitrogens with one attached hydrogen (secondary N) is 1. The smallest absolute Gasteiger partial charge is 0.0938 e. The summed E-state index contributed by atoms with van der Waals surface area (Å²) in [6, 6.07) is 0.582. The molecule has 1 heterocycles. The van der Waals surface area contributed by atoms with Crippen LogP contribution in [0.1, 0.15) is 33.6 Å². The predicted molar refractivity (Wildman–Crippen MR) is 77.0 cm³/mol. The lowest BCUT2D eigenvalue weighted by Crippen LogP contribution is -2.48. The fourth-order valence-corrected chi connectivity index (χ4v) is 4.01. The molecule has 0 aromatic rings. The standard InChI is InChI=1S/C15H30N2O2/c1-4-16-13-6-10(2)5-11(3)12(13)7-17-8-14(18)15(19)9-17/h10-16,18-19H,4-9H2,1-3H3. The molecule has 19 heavy (non-hydrogen) atoms. The Kier molecular flexibility index (Phi) is 5.23. The maximum atomic E-state index is 9.67. The maximum absolute atomic E-state index is 9.67. The van der Waals surface area contributed by atoms with Crippen LogP contribution in [0.25, 0.3) is 0 Å². The third-order valence-corrected chi connectivity index (χ3v) is 4.95. The Morgan fingerprint density at radius 3 is 2.32 bits per heavy atom. The van der Waals surface area contributed by atoms with Gasteiger partial charge in [0.1, 0.15) is 0 Å². The van der Waals surface area contributed by atoms with Crippen LogP contribution < -0.4 is 5.32 Å². The van der Waals surface area contributed by atoms with Gasteiger partial charge in [0.2, 0.25) is 0 Å². The fourth-order valence-electron chi connectivity index (χ4n) is 4.01. The Morgan fingerprint density at radius 1 is 1.11 bits per heavy atom. The van der Waals surface area contributed by atoms with Gasteiger partial charge in [0.15, 0.2) is 0 Å². The van der Waals surface area contributed by atoms with Gasteiger partial charge in [0, 0.05) is 25.7 Å². The van der Waals surface area contributed by atoms with Gasteiger partial charge < -0.3 is 15.5 Å². The molecule has 1 aliphatic heterocycles. The van der Waals surface area contributed by atoms with Crippen molar-refractivity contribution in [1.29, 1.82) is 0 Å². The van der Waals surface area contributed by atoms with Crippen LogP contribution in [0.3, 0.4) is 0 Å². The Hall–Kier alpha value is -0.160. The molecule has 2 fully saturated rings. The van der Waals surface area contributed by atoms with Crippen molar-refractivity contribution in [3.05, 3.63) is 0 Å². The van der Waals surface area contributed by atoms with Crippen molar-refractivity contribution in [3.63, 3.8) is 0 Å². The minimum absolute atomic E-state index is 0.560. The Labute approximate surface area is 117 Å². The first-order chi connectivity index (χ1) is 9.01. The number of aliphatic hydroxyl groups is 2. The lowest BCUT2D eigenvalue weighted by Gasteiger charge is -2.41. The van der Waals surface area contributed by atoms with Gasteiger partial charge in [-0.1, -0.05) is 20.8 Å². The van der Waals surface area contributed by atoms with Gasteiger partial charge in [-0.2, -0.15) is 0 Å². The SMILES string of the molecule is CCNC1CC(C)CC(C)C1CN1CC(O)C(O)C1. The van der Waals surface area contributed by atoms with Gasteiger partial charge in [0.05, 0.1) is 12.2 Å². The summed E-state index contributed by atoms with van der Waals surface area (Å²) >= 11 is 0. The van der Waals surface area contributed by atoms with Crippen LogP contribution >= 0.6 is 0 Å². The Balaban J connectivity index is 1.95. The molecule has 1 aliphatic carbocycles. The number of β-amino-alcohol motifs (C(OH)–C–C–N with tert-alkyl or cyclic N) is 2. The van der Waals surface area contributed by atoms with Crippen LogP contribution in [-0.2, 0) is 0 Å². The molecule has 0 spiro atoms. The normalized spacial score (nSPS) is 44.7. The third-order valence-electron chi connectivity index (χ3n) is 4.95. The molecule has 4 heteroatoms. The van der Waals surface area contributed by atoms with Crippen molar-refractivity contribution in [2.24, 2.45) is 17.8 Å². The summed E-state index contributed by atoms with van der Waals surface area (Å²) in [4.78, 5) is 2.23. The van der Waals surface area contributed by atoms with E-state index in [-0.39, 0.29) is 0 Å². The second-order valence-corrected chi connectivity index (χ2v) is 6.74.